The number of aryl methyl sites for hydroxylation is 1. The Hall–Kier alpha value is -2.12. The van der Waals surface area contributed by atoms with Crippen molar-refractivity contribution in [2.45, 2.75) is 44.2 Å². The van der Waals surface area contributed by atoms with E-state index in [0.29, 0.717) is 13.1 Å². The summed E-state index contributed by atoms with van der Waals surface area (Å²) in [7, 11) is -1.77. The largest absolute Gasteiger partial charge is 0.353 e. The molecule has 1 aliphatic rings. The molecule has 0 unspecified atom stereocenters. The quantitative estimate of drug-likeness (QED) is 0.647. The number of sulfonamides is 1. The van der Waals surface area contributed by atoms with Gasteiger partial charge in [0.2, 0.25) is 15.9 Å². The summed E-state index contributed by atoms with van der Waals surface area (Å²) in [6.45, 7) is 4.61. The molecule has 6 nitrogen and oxygen atoms in total. The van der Waals surface area contributed by atoms with E-state index in [1.165, 1.54) is 4.31 Å². The maximum Gasteiger partial charge on any atom is 0.243 e. The number of nitrogens with zero attached hydrogens (tertiary/aromatic N) is 3. The van der Waals surface area contributed by atoms with Crippen molar-refractivity contribution in [3.63, 3.8) is 0 Å². The van der Waals surface area contributed by atoms with Gasteiger partial charge in [0.1, 0.15) is 0 Å². The first-order valence-corrected chi connectivity index (χ1v) is 11.2. The van der Waals surface area contributed by atoms with Crippen molar-refractivity contribution in [2.75, 3.05) is 13.1 Å². The van der Waals surface area contributed by atoms with Crippen molar-refractivity contribution in [1.82, 2.24) is 13.8 Å². The van der Waals surface area contributed by atoms with Crippen LogP contribution in [0.25, 0.3) is 0 Å². The van der Waals surface area contributed by atoms with Gasteiger partial charge in [-0.2, -0.15) is 4.31 Å². The fourth-order valence-electron chi connectivity index (χ4n) is 3.28. The molecule has 1 fully saturated rings. The van der Waals surface area contributed by atoms with Gasteiger partial charge in [-0.3, -0.25) is 4.79 Å². The summed E-state index contributed by atoms with van der Waals surface area (Å²) in [5.41, 5.74) is 1.04. The maximum absolute atomic E-state index is 13.1. The van der Waals surface area contributed by atoms with Crippen LogP contribution in [0.2, 0.25) is 0 Å². The highest BCUT2D eigenvalue weighted by Crippen LogP contribution is 2.29. The summed E-state index contributed by atoms with van der Waals surface area (Å²) in [5, 5.41) is 0. The van der Waals surface area contributed by atoms with Crippen molar-refractivity contribution in [2.24, 2.45) is 13.0 Å². The molecule has 0 atom stereocenters. The molecule has 28 heavy (non-hydrogen) atoms. The van der Waals surface area contributed by atoms with Gasteiger partial charge in [0, 0.05) is 31.5 Å². The van der Waals surface area contributed by atoms with E-state index in [1.54, 1.807) is 30.3 Å². The average molecular weight is 404 g/mol. The summed E-state index contributed by atoms with van der Waals surface area (Å²) < 4.78 is 29.6. The normalized spacial score (nSPS) is 14.6. The molecule has 0 saturated heterocycles. The molecule has 1 aromatic carbocycles. The van der Waals surface area contributed by atoms with Crippen molar-refractivity contribution >= 4 is 15.9 Å². The molecule has 0 aliphatic heterocycles. The van der Waals surface area contributed by atoms with Gasteiger partial charge in [-0.05, 0) is 43.0 Å². The first-order valence-electron chi connectivity index (χ1n) is 9.74. The number of amides is 1. The van der Waals surface area contributed by atoms with E-state index in [4.69, 9.17) is 0 Å². The fourth-order valence-corrected chi connectivity index (χ4v) is 4.85. The second kappa shape index (κ2) is 8.49. The van der Waals surface area contributed by atoms with Crippen molar-refractivity contribution in [3.05, 3.63) is 54.4 Å². The highest BCUT2D eigenvalue weighted by atomic mass is 32.2. The number of carbonyl (C=O) groups is 1. The highest BCUT2D eigenvalue weighted by molar-refractivity contribution is 7.89. The lowest BCUT2D eigenvalue weighted by atomic mass is 10.2. The van der Waals surface area contributed by atoms with Gasteiger partial charge in [0.15, 0.2) is 0 Å². The summed E-state index contributed by atoms with van der Waals surface area (Å²) in [6.07, 6.45) is 3.91. The summed E-state index contributed by atoms with van der Waals surface area (Å²) in [4.78, 5) is 15.2. The molecule has 152 valence electrons. The third kappa shape index (κ3) is 4.83. The molecule has 0 bridgehead atoms. The molecule has 1 heterocycles. The van der Waals surface area contributed by atoms with Crippen LogP contribution in [0, 0.1) is 5.92 Å². The number of rotatable bonds is 9. The minimum absolute atomic E-state index is 0.119. The van der Waals surface area contributed by atoms with E-state index in [2.05, 4.69) is 0 Å². The van der Waals surface area contributed by atoms with Crippen molar-refractivity contribution < 1.29 is 13.2 Å². The Bertz CT molecular complexity index is 902. The van der Waals surface area contributed by atoms with Gasteiger partial charge in [-0.15, -0.1) is 0 Å². The molecule has 1 amide bonds. The van der Waals surface area contributed by atoms with E-state index in [9.17, 15) is 13.2 Å². The van der Waals surface area contributed by atoms with Gasteiger partial charge in [0.25, 0.3) is 0 Å². The molecular weight excluding hydrogens is 374 g/mol. The van der Waals surface area contributed by atoms with Crippen LogP contribution >= 0.6 is 0 Å². The van der Waals surface area contributed by atoms with Crippen LogP contribution in [-0.2, 0) is 28.4 Å². The van der Waals surface area contributed by atoms with E-state index in [0.717, 1.165) is 18.5 Å². The van der Waals surface area contributed by atoms with Crippen LogP contribution in [-0.4, -0.2) is 47.2 Å². The molecule has 1 aromatic heterocycles. The summed E-state index contributed by atoms with van der Waals surface area (Å²) in [6, 6.07) is 12.5. The number of hydrogen-bond donors (Lipinski definition) is 0. The minimum atomic E-state index is -3.72. The van der Waals surface area contributed by atoms with Gasteiger partial charge in [-0.25, -0.2) is 8.42 Å². The van der Waals surface area contributed by atoms with Gasteiger partial charge < -0.3 is 9.47 Å². The SMILES string of the molecule is CC(C)CN(CC(=O)N(Cc1cccn1C)C1CC1)S(=O)(=O)c1ccccc1. The molecule has 0 N–H and O–H groups in total. The number of aromatic nitrogens is 1. The zero-order valence-electron chi connectivity index (χ0n) is 16.8. The Balaban J connectivity index is 1.81. The van der Waals surface area contributed by atoms with Crippen LogP contribution in [0.1, 0.15) is 32.4 Å². The Kier molecular flexibility index (Phi) is 6.25. The predicted octanol–water partition coefficient (Wildman–Crippen LogP) is 2.86. The van der Waals surface area contributed by atoms with E-state index in [-0.39, 0.29) is 29.3 Å². The lowest BCUT2D eigenvalue weighted by Crippen LogP contribution is -2.44. The van der Waals surface area contributed by atoms with Crippen LogP contribution in [0.3, 0.4) is 0 Å². The Morgan fingerprint density at radius 3 is 2.36 bits per heavy atom. The molecule has 1 aliphatic carbocycles. The third-order valence-electron chi connectivity index (χ3n) is 4.95. The Labute approximate surface area is 167 Å². The Morgan fingerprint density at radius 2 is 1.82 bits per heavy atom. The topological polar surface area (TPSA) is 62.6 Å². The number of hydrogen-bond acceptors (Lipinski definition) is 3. The van der Waals surface area contributed by atoms with E-state index in [1.807, 2.05) is 48.7 Å². The molecule has 7 heteroatoms. The molecule has 0 radical (unpaired) electrons. The maximum atomic E-state index is 13.1. The fraction of sp³-hybridized carbons (Fsp3) is 0.476. The lowest BCUT2D eigenvalue weighted by Gasteiger charge is -2.28. The second-order valence-corrected chi connectivity index (χ2v) is 9.81. The van der Waals surface area contributed by atoms with Crippen LogP contribution in [0.15, 0.2) is 53.6 Å². The molecule has 2 aromatic rings. The second-order valence-electron chi connectivity index (χ2n) is 7.87. The van der Waals surface area contributed by atoms with Crippen molar-refractivity contribution in [3.8, 4) is 0 Å². The third-order valence-corrected chi connectivity index (χ3v) is 6.78. The molecule has 1 saturated carbocycles. The monoisotopic (exact) mass is 403 g/mol. The van der Waals surface area contributed by atoms with Crippen LogP contribution < -0.4 is 0 Å². The summed E-state index contributed by atoms with van der Waals surface area (Å²) in [5.74, 6) is -0.0163. The first-order chi connectivity index (χ1) is 13.3. The average Bonchev–Trinajstić information content (AvgIpc) is 3.41. The standard InChI is InChI=1S/C21H29N3O3S/c1-17(2)14-23(28(26,27)20-9-5-4-6-10-20)16-21(25)24(18-11-12-18)15-19-8-7-13-22(19)3/h4-10,13,17-18H,11-12,14-16H2,1-3H3. The zero-order chi connectivity index (χ0) is 20.3. The number of benzene rings is 1. The van der Waals surface area contributed by atoms with E-state index < -0.39 is 10.0 Å². The van der Waals surface area contributed by atoms with E-state index >= 15 is 0 Å². The smallest absolute Gasteiger partial charge is 0.243 e. The van der Waals surface area contributed by atoms with Gasteiger partial charge in [-0.1, -0.05) is 32.0 Å². The molecular formula is C21H29N3O3S. The van der Waals surface area contributed by atoms with Gasteiger partial charge >= 0.3 is 0 Å². The van der Waals surface area contributed by atoms with Gasteiger partial charge in [0.05, 0.1) is 18.0 Å². The van der Waals surface area contributed by atoms with Crippen molar-refractivity contribution in [1.29, 1.82) is 0 Å². The lowest BCUT2D eigenvalue weighted by molar-refractivity contribution is -0.132. The minimum Gasteiger partial charge on any atom is -0.353 e. The van der Waals surface area contributed by atoms with Crippen LogP contribution in [0.5, 0.6) is 0 Å². The highest BCUT2D eigenvalue weighted by Gasteiger charge is 2.35. The number of carbonyl (C=O) groups excluding carboxylic acids is 1. The van der Waals surface area contributed by atoms with Crippen LogP contribution in [0.4, 0.5) is 0 Å². The molecule has 3 rings (SSSR count). The molecule has 0 spiro atoms. The predicted molar refractivity (Wildman–Crippen MR) is 109 cm³/mol. The first kappa shape index (κ1) is 20.6. The summed E-state index contributed by atoms with van der Waals surface area (Å²) >= 11 is 0. The zero-order valence-corrected chi connectivity index (χ0v) is 17.6. The Morgan fingerprint density at radius 1 is 1.14 bits per heavy atom.